The van der Waals surface area contributed by atoms with E-state index in [0.29, 0.717) is 35.8 Å². The van der Waals surface area contributed by atoms with Crippen molar-refractivity contribution in [2.75, 3.05) is 27.9 Å². The second-order valence-corrected chi connectivity index (χ2v) is 9.50. The zero-order valence-electron chi connectivity index (χ0n) is 22.5. The maximum atomic E-state index is 14.0. The maximum Gasteiger partial charge on any atom is 0.290 e. The van der Waals surface area contributed by atoms with E-state index in [0.717, 1.165) is 36.8 Å². The van der Waals surface area contributed by atoms with Gasteiger partial charge in [-0.1, -0.05) is 37.1 Å². The van der Waals surface area contributed by atoms with E-state index in [9.17, 15) is 9.59 Å². The van der Waals surface area contributed by atoms with Crippen molar-refractivity contribution in [1.29, 1.82) is 0 Å². The molecule has 0 aliphatic heterocycles. The molecule has 1 aliphatic carbocycles. The van der Waals surface area contributed by atoms with Gasteiger partial charge in [-0.15, -0.1) is 0 Å². The van der Waals surface area contributed by atoms with Gasteiger partial charge in [0.05, 0.1) is 27.6 Å². The first kappa shape index (κ1) is 27.1. The average Bonchev–Trinajstić information content (AvgIpc) is 3.65. The number of carbonyl (C=O) groups is 2. The van der Waals surface area contributed by atoms with Crippen molar-refractivity contribution in [1.82, 2.24) is 10.2 Å². The van der Waals surface area contributed by atoms with Crippen molar-refractivity contribution in [2.45, 2.75) is 51.1 Å². The zero-order chi connectivity index (χ0) is 27.1. The minimum absolute atomic E-state index is 0.0731. The van der Waals surface area contributed by atoms with Gasteiger partial charge in [0.1, 0.15) is 6.04 Å². The molecule has 4 rings (SSSR count). The zero-order valence-corrected chi connectivity index (χ0v) is 22.5. The van der Waals surface area contributed by atoms with Gasteiger partial charge in [-0.2, -0.15) is 0 Å². The molecule has 8 nitrogen and oxygen atoms in total. The van der Waals surface area contributed by atoms with Crippen molar-refractivity contribution in [3.63, 3.8) is 0 Å². The Morgan fingerprint density at radius 2 is 1.68 bits per heavy atom. The van der Waals surface area contributed by atoms with E-state index >= 15 is 0 Å². The van der Waals surface area contributed by atoms with Crippen molar-refractivity contribution in [2.24, 2.45) is 0 Å². The Bertz CT molecular complexity index is 1210. The predicted molar refractivity (Wildman–Crippen MR) is 144 cm³/mol. The molecule has 1 heterocycles. The summed E-state index contributed by atoms with van der Waals surface area (Å²) in [5.74, 6) is 0.771. The summed E-state index contributed by atoms with van der Waals surface area (Å²) in [5, 5.41) is 3.19. The van der Waals surface area contributed by atoms with Crippen LogP contribution >= 0.6 is 0 Å². The molecular formula is C30H36N2O6. The molecule has 1 unspecified atom stereocenters. The Hall–Kier alpha value is -3.94. The number of benzene rings is 2. The minimum atomic E-state index is -0.953. The highest BCUT2D eigenvalue weighted by Gasteiger charge is 2.36. The first-order chi connectivity index (χ1) is 18.5. The molecule has 0 radical (unpaired) electrons. The monoisotopic (exact) mass is 520 g/mol. The minimum Gasteiger partial charge on any atom is -0.493 e. The fourth-order valence-corrected chi connectivity index (χ4v) is 5.10. The molecule has 3 aromatic rings. The van der Waals surface area contributed by atoms with Crippen LogP contribution in [0.15, 0.2) is 59.2 Å². The largest absolute Gasteiger partial charge is 0.493 e. The van der Waals surface area contributed by atoms with Crippen LogP contribution in [-0.2, 0) is 11.2 Å². The number of nitrogens with one attached hydrogen (secondary N) is 1. The van der Waals surface area contributed by atoms with Gasteiger partial charge in [0.2, 0.25) is 11.7 Å². The number of hydrogen-bond acceptors (Lipinski definition) is 6. The van der Waals surface area contributed by atoms with Gasteiger partial charge in [-0.3, -0.25) is 9.59 Å². The van der Waals surface area contributed by atoms with Crippen LogP contribution in [0.1, 0.15) is 59.0 Å². The predicted octanol–water partition coefficient (Wildman–Crippen LogP) is 5.10. The Labute approximate surface area is 223 Å². The van der Waals surface area contributed by atoms with E-state index in [1.54, 1.807) is 29.2 Å². The van der Waals surface area contributed by atoms with Crippen LogP contribution in [0.3, 0.4) is 0 Å². The van der Waals surface area contributed by atoms with Crippen molar-refractivity contribution >= 4 is 11.8 Å². The molecule has 0 spiro atoms. The average molecular weight is 521 g/mol. The molecule has 0 bridgehead atoms. The number of aryl methyl sites for hydroxylation is 1. The molecule has 2 aromatic carbocycles. The Kier molecular flexibility index (Phi) is 8.94. The van der Waals surface area contributed by atoms with E-state index in [-0.39, 0.29) is 23.6 Å². The number of amides is 2. The van der Waals surface area contributed by atoms with Gasteiger partial charge in [0.15, 0.2) is 17.3 Å². The summed E-state index contributed by atoms with van der Waals surface area (Å²) in [6.07, 6.45) is 6.01. The number of carbonyl (C=O) groups excluding carboxylic acids is 2. The van der Waals surface area contributed by atoms with Crippen LogP contribution in [0, 0.1) is 6.92 Å². The van der Waals surface area contributed by atoms with E-state index in [1.165, 1.54) is 27.6 Å². The van der Waals surface area contributed by atoms with Gasteiger partial charge in [-0.25, -0.2) is 0 Å². The molecule has 2 amide bonds. The number of ether oxygens (including phenoxy) is 3. The van der Waals surface area contributed by atoms with E-state index in [1.807, 2.05) is 31.2 Å². The fourth-order valence-electron chi connectivity index (χ4n) is 5.10. The molecule has 1 aromatic heterocycles. The van der Waals surface area contributed by atoms with Crippen LogP contribution in [0.25, 0.3) is 0 Å². The van der Waals surface area contributed by atoms with E-state index < -0.39 is 6.04 Å². The second kappa shape index (κ2) is 12.5. The molecule has 1 saturated carbocycles. The van der Waals surface area contributed by atoms with Crippen LogP contribution < -0.4 is 19.5 Å². The summed E-state index contributed by atoms with van der Waals surface area (Å²) in [7, 11) is 4.58. The fraction of sp³-hybridized carbons (Fsp3) is 0.400. The Balaban J connectivity index is 1.80. The summed E-state index contributed by atoms with van der Waals surface area (Å²) in [6.45, 7) is 2.33. The molecule has 202 valence electrons. The molecule has 38 heavy (non-hydrogen) atoms. The highest BCUT2D eigenvalue weighted by atomic mass is 16.5. The molecule has 1 atom stereocenters. The molecule has 1 fully saturated rings. The third kappa shape index (κ3) is 5.96. The van der Waals surface area contributed by atoms with E-state index in [4.69, 9.17) is 18.6 Å². The highest BCUT2D eigenvalue weighted by Crippen LogP contribution is 2.41. The van der Waals surface area contributed by atoms with Crippen molar-refractivity contribution in [3.8, 4) is 17.2 Å². The van der Waals surface area contributed by atoms with Gasteiger partial charge < -0.3 is 28.8 Å². The number of rotatable bonds is 11. The van der Waals surface area contributed by atoms with Crippen LogP contribution in [-0.4, -0.2) is 50.6 Å². The smallest absolute Gasteiger partial charge is 0.290 e. The SMILES string of the molecule is COc1cc(C(C(=O)NC2CCCC2)N(CCc2ccccc2C)C(=O)c2ccco2)cc(OC)c1OC. The molecule has 1 N–H and O–H groups in total. The van der Waals surface area contributed by atoms with Crippen LogP contribution in [0.4, 0.5) is 0 Å². The molecule has 1 aliphatic rings. The topological polar surface area (TPSA) is 90.2 Å². The Morgan fingerprint density at radius 3 is 2.26 bits per heavy atom. The quantitative estimate of drug-likeness (QED) is 0.378. The first-order valence-electron chi connectivity index (χ1n) is 13.0. The summed E-state index contributed by atoms with van der Waals surface area (Å²) < 4.78 is 22.1. The second-order valence-electron chi connectivity index (χ2n) is 9.50. The van der Waals surface area contributed by atoms with Crippen molar-refractivity contribution < 1.29 is 28.2 Å². The molecule has 0 saturated heterocycles. The van der Waals surface area contributed by atoms with Gasteiger partial charge in [0, 0.05) is 12.6 Å². The third-order valence-electron chi connectivity index (χ3n) is 7.14. The summed E-state index contributed by atoms with van der Waals surface area (Å²) in [4.78, 5) is 29.4. The molecular weight excluding hydrogens is 484 g/mol. The normalized spacial score (nSPS) is 14.1. The van der Waals surface area contributed by atoms with Crippen LogP contribution in [0.5, 0.6) is 17.2 Å². The number of furan rings is 1. The number of hydrogen-bond donors (Lipinski definition) is 1. The summed E-state index contributed by atoms with van der Waals surface area (Å²) in [5.41, 5.74) is 2.78. The van der Waals surface area contributed by atoms with Gasteiger partial charge in [-0.05, 0) is 67.1 Å². The maximum absolute atomic E-state index is 14.0. The lowest BCUT2D eigenvalue weighted by atomic mass is 9.99. The standard InChI is InChI=1S/C30H36N2O6/c1-20-10-5-6-11-21(20)15-16-32(30(34)24-14-9-17-38-24)27(29(33)31-23-12-7-8-13-23)22-18-25(35-2)28(37-4)26(19-22)36-3/h5-6,9-11,14,17-19,23,27H,7-8,12-13,15-16H2,1-4H3,(H,31,33). The van der Waals surface area contributed by atoms with Crippen LogP contribution in [0.2, 0.25) is 0 Å². The van der Waals surface area contributed by atoms with E-state index in [2.05, 4.69) is 5.32 Å². The van der Waals surface area contributed by atoms with Crippen molar-refractivity contribution in [3.05, 3.63) is 77.2 Å². The first-order valence-corrected chi connectivity index (χ1v) is 13.0. The lowest BCUT2D eigenvalue weighted by molar-refractivity contribution is -0.126. The lowest BCUT2D eigenvalue weighted by Gasteiger charge is -2.32. The van der Waals surface area contributed by atoms with Gasteiger partial charge in [0.25, 0.3) is 5.91 Å². The Morgan fingerprint density at radius 1 is 1.00 bits per heavy atom. The molecule has 8 heteroatoms. The third-order valence-corrected chi connectivity index (χ3v) is 7.14. The van der Waals surface area contributed by atoms with Gasteiger partial charge >= 0.3 is 0 Å². The number of methoxy groups -OCH3 is 3. The highest BCUT2D eigenvalue weighted by molar-refractivity contribution is 5.96. The summed E-state index contributed by atoms with van der Waals surface area (Å²) in [6, 6.07) is 13.9. The summed E-state index contributed by atoms with van der Waals surface area (Å²) >= 11 is 0. The number of nitrogens with zero attached hydrogens (tertiary/aromatic N) is 1. The lowest BCUT2D eigenvalue weighted by Crippen LogP contribution is -2.46.